The van der Waals surface area contributed by atoms with Gasteiger partial charge in [0.05, 0.1) is 24.5 Å². The highest BCUT2D eigenvalue weighted by molar-refractivity contribution is 5.93. The maximum Gasteiger partial charge on any atom is 0.435 e. The van der Waals surface area contributed by atoms with Crippen molar-refractivity contribution in [1.29, 1.82) is 0 Å². The monoisotopic (exact) mass is 434 g/mol. The van der Waals surface area contributed by atoms with Crippen LogP contribution in [0, 0.1) is 0 Å². The lowest BCUT2D eigenvalue weighted by atomic mass is 10.1. The number of methoxy groups -OCH3 is 1. The number of ether oxygens (including phenoxy) is 1. The number of rotatable bonds is 4. The molecule has 0 saturated carbocycles. The first-order valence-electron chi connectivity index (χ1n) is 9.76. The maximum atomic E-state index is 12.9. The second kappa shape index (κ2) is 8.05. The molecule has 3 aromatic rings. The fraction of sp³-hybridized carbons (Fsp3) is 0.400. The van der Waals surface area contributed by atoms with Crippen LogP contribution in [0.2, 0.25) is 0 Å². The third kappa shape index (κ3) is 4.25. The van der Waals surface area contributed by atoms with Crippen molar-refractivity contribution in [2.24, 2.45) is 7.05 Å². The molecule has 8 nitrogen and oxygen atoms in total. The van der Waals surface area contributed by atoms with Crippen molar-refractivity contribution in [1.82, 2.24) is 29.9 Å². The van der Waals surface area contributed by atoms with Gasteiger partial charge in [0.2, 0.25) is 5.88 Å². The number of halogens is 3. The third-order valence-electron chi connectivity index (χ3n) is 5.23. The lowest BCUT2D eigenvalue weighted by molar-refractivity contribution is -0.141. The summed E-state index contributed by atoms with van der Waals surface area (Å²) in [7, 11) is 2.85. The number of nitrogens with one attached hydrogen (secondary N) is 1. The molecule has 0 bridgehead atoms. The van der Waals surface area contributed by atoms with E-state index in [0.717, 1.165) is 34.8 Å². The lowest BCUT2D eigenvalue weighted by Gasteiger charge is -2.17. The molecule has 1 atom stereocenters. The second-order valence-electron chi connectivity index (χ2n) is 7.32. The molecule has 3 aromatic heterocycles. The van der Waals surface area contributed by atoms with Gasteiger partial charge in [-0.3, -0.25) is 14.2 Å². The molecule has 11 heteroatoms. The number of hydrogen-bond acceptors (Lipinski definition) is 5. The molecule has 1 unspecified atom stereocenters. The number of aromatic nitrogens is 5. The van der Waals surface area contributed by atoms with Crippen molar-refractivity contribution in [3.8, 4) is 17.1 Å². The zero-order chi connectivity index (χ0) is 22.2. The van der Waals surface area contributed by atoms with Crippen LogP contribution in [0.4, 0.5) is 13.2 Å². The van der Waals surface area contributed by atoms with Crippen molar-refractivity contribution in [2.45, 2.75) is 38.0 Å². The van der Waals surface area contributed by atoms with E-state index in [1.165, 1.54) is 14.2 Å². The van der Waals surface area contributed by atoms with E-state index in [9.17, 15) is 18.0 Å². The van der Waals surface area contributed by atoms with Crippen LogP contribution in [0.15, 0.2) is 30.5 Å². The number of amides is 1. The number of aryl methyl sites for hydroxylation is 2. The minimum Gasteiger partial charge on any atom is -0.481 e. The quantitative estimate of drug-likeness (QED) is 0.681. The number of pyridine rings is 1. The Kier molecular flexibility index (Phi) is 5.42. The number of hydrogen-bond donors (Lipinski definition) is 1. The van der Waals surface area contributed by atoms with E-state index >= 15 is 0 Å². The van der Waals surface area contributed by atoms with E-state index in [2.05, 4.69) is 20.5 Å². The predicted molar refractivity (Wildman–Crippen MR) is 104 cm³/mol. The number of alkyl halides is 3. The van der Waals surface area contributed by atoms with Gasteiger partial charge in [0, 0.05) is 37.5 Å². The Morgan fingerprint density at radius 1 is 1.23 bits per heavy atom. The zero-order valence-corrected chi connectivity index (χ0v) is 17.0. The number of fused-ring (bicyclic) bond motifs is 1. The molecule has 1 amide bonds. The summed E-state index contributed by atoms with van der Waals surface area (Å²) < 4.78 is 46.8. The largest absolute Gasteiger partial charge is 0.481 e. The third-order valence-corrected chi connectivity index (χ3v) is 5.23. The number of carbonyl (C=O) groups excluding carboxylic acids is 1. The van der Waals surface area contributed by atoms with E-state index < -0.39 is 17.8 Å². The first-order chi connectivity index (χ1) is 14.8. The summed E-state index contributed by atoms with van der Waals surface area (Å²) in [5.74, 6) is -0.153. The van der Waals surface area contributed by atoms with Crippen LogP contribution in [0.25, 0.3) is 11.3 Å². The van der Waals surface area contributed by atoms with E-state index in [1.54, 1.807) is 12.3 Å². The Labute approximate surface area is 176 Å². The summed E-state index contributed by atoms with van der Waals surface area (Å²) in [5, 5.41) is 10.9. The normalized spacial score (nSPS) is 16.5. The van der Waals surface area contributed by atoms with Crippen molar-refractivity contribution in [3.05, 3.63) is 47.5 Å². The van der Waals surface area contributed by atoms with Gasteiger partial charge >= 0.3 is 6.18 Å². The highest BCUT2D eigenvalue weighted by Crippen LogP contribution is 2.31. The van der Waals surface area contributed by atoms with Crippen LogP contribution in [-0.2, 0) is 19.8 Å². The topological polar surface area (TPSA) is 86.9 Å². The molecule has 4 heterocycles. The number of nitrogens with zero attached hydrogens (tertiary/aromatic N) is 5. The molecule has 0 aromatic carbocycles. The first kappa shape index (κ1) is 20.9. The minimum absolute atomic E-state index is 0.151. The zero-order valence-electron chi connectivity index (χ0n) is 17.0. The highest BCUT2D eigenvalue weighted by atomic mass is 19.4. The molecule has 0 radical (unpaired) electrons. The van der Waals surface area contributed by atoms with Crippen molar-refractivity contribution in [3.63, 3.8) is 0 Å². The molecule has 1 N–H and O–H groups in total. The van der Waals surface area contributed by atoms with Crippen LogP contribution < -0.4 is 10.1 Å². The van der Waals surface area contributed by atoms with E-state index in [1.807, 2.05) is 16.8 Å². The summed E-state index contributed by atoms with van der Waals surface area (Å²) in [6.07, 6.45) is -0.604. The SMILES string of the molecule is COc1cc(-c2cc3n(n2)CCCCC3NC(=O)c2cc(C(F)(F)F)nn2C)ccn1. The number of carbonyl (C=O) groups is 1. The van der Waals surface area contributed by atoms with E-state index in [4.69, 9.17) is 4.74 Å². The molecule has 0 saturated heterocycles. The minimum atomic E-state index is -4.61. The second-order valence-corrected chi connectivity index (χ2v) is 7.32. The van der Waals surface area contributed by atoms with Crippen LogP contribution in [0.1, 0.15) is 47.2 Å². The average molecular weight is 434 g/mol. The van der Waals surface area contributed by atoms with Crippen molar-refractivity contribution >= 4 is 5.91 Å². The summed E-state index contributed by atoms with van der Waals surface area (Å²) in [5.41, 5.74) is 1.08. The average Bonchev–Trinajstić information content (AvgIpc) is 3.29. The molecular formula is C20H21F3N6O2. The van der Waals surface area contributed by atoms with Gasteiger partial charge in [0.15, 0.2) is 5.69 Å². The van der Waals surface area contributed by atoms with Crippen molar-refractivity contribution < 1.29 is 22.7 Å². The highest BCUT2D eigenvalue weighted by Gasteiger charge is 2.36. The van der Waals surface area contributed by atoms with Gasteiger partial charge in [-0.1, -0.05) is 0 Å². The van der Waals surface area contributed by atoms with Gasteiger partial charge in [0.25, 0.3) is 5.91 Å². The smallest absolute Gasteiger partial charge is 0.435 e. The standard InChI is InChI=1S/C20H21F3N6O2/c1-28-16(11-17(27-28)20(21,22)23)19(30)25-13-5-3-4-8-29-15(13)10-14(26-29)12-6-7-24-18(9-12)31-2/h6-7,9-11,13H,3-5,8H2,1-2H3,(H,25,30). The van der Waals surface area contributed by atoms with Crippen LogP contribution in [0.5, 0.6) is 5.88 Å². The molecule has 0 spiro atoms. The molecule has 1 aliphatic rings. The predicted octanol–water partition coefficient (Wildman–Crippen LogP) is 3.36. The van der Waals surface area contributed by atoms with E-state index in [-0.39, 0.29) is 11.7 Å². The Balaban J connectivity index is 1.61. The Morgan fingerprint density at radius 2 is 2.03 bits per heavy atom. The van der Waals surface area contributed by atoms with Gasteiger partial charge in [-0.2, -0.15) is 23.4 Å². The van der Waals surface area contributed by atoms with Gasteiger partial charge in [0.1, 0.15) is 5.69 Å². The Morgan fingerprint density at radius 3 is 2.74 bits per heavy atom. The molecule has 0 fully saturated rings. The van der Waals surface area contributed by atoms with Gasteiger partial charge < -0.3 is 10.1 Å². The Bertz CT molecular complexity index is 1100. The van der Waals surface area contributed by atoms with E-state index in [0.29, 0.717) is 24.5 Å². The van der Waals surface area contributed by atoms with Gasteiger partial charge in [-0.05, 0) is 31.4 Å². The molecule has 4 rings (SSSR count). The molecule has 0 aliphatic carbocycles. The van der Waals surface area contributed by atoms with Crippen LogP contribution in [0.3, 0.4) is 0 Å². The lowest BCUT2D eigenvalue weighted by Crippen LogP contribution is -2.30. The van der Waals surface area contributed by atoms with Crippen LogP contribution in [-0.4, -0.2) is 37.6 Å². The summed E-state index contributed by atoms with van der Waals surface area (Å²) in [6, 6.07) is 5.84. The van der Waals surface area contributed by atoms with Crippen LogP contribution >= 0.6 is 0 Å². The summed E-state index contributed by atoms with van der Waals surface area (Å²) in [6.45, 7) is 0.688. The Hall–Kier alpha value is -3.37. The first-order valence-corrected chi connectivity index (χ1v) is 9.76. The fourth-order valence-corrected chi connectivity index (χ4v) is 3.67. The molecular weight excluding hydrogens is 413 g/mol. The van der Waals surface area contributed by atoms with Gasteiger partial charge in [-0.25, -0.2) is 4.98 Å². The van der Waals surface area contributed by atoms with Gasteiger partial charge in [-0.15, -0.1) is 0 Å². The fourth-order valence-electron chi connectivity index (χ4n) is 3.67. The molecule has 1 aliphatic heterocycles. The molecule has 164 valence electrons. The summed E-state index contributed by atoms with van der Waals surface area (Å²) in [4.78, 5) is 16.9. The maximum absolute atomic E-state index is 12.9. The summed E-state index contributed by atoms with van der Waals surface area (Å²) >= 11 is 0. The molecule has 31 heavy (non-hydrogen) atoms. The van der Waals surface area contributed by atoms with Crippen molar-refractivity contribution in [2.75, 3.05) is 7.11 Å².